The first-order valence-electron chi connectivity index (χ1n) is 8.55. The van der Waals surface area contributed by atoms with E-state index in [2.05, 4.69) is 11.8 Å². The van der Waals surface area contributed by atoms with E-state index >= 15 is 0 Å². The van der Waals surface area contributed by atoms with Crippen molar-refractivity contribution in [1.29, 1.82) is 0 Å². The van der Waals surface area contributed by atoms with Gasteiger partial charge in [0.25, 0.3) is 0 Å². The van der Waals surface area contributed by atoms with Crippen LogP contribution in [0.3, 0.4) is 0 Å². The highest BCUT2D eigenvalue weighted by molar-refractivity contribution is 7.91. The van der Waals surface area contributed by atoms with Gasteiger partial charge in [-0.2, -0.15) is 5.10 Å². The van der Waals surface area contributed by atoms with E-state index in [0.717, 1.165) is 24.4 Å². The predicted octanol–water partition coefficient (Wildman–Crippen LogP) is 2.47. The number of aromatic nitrogens is 3. The van der Waals surface area contributed by atoms with Crippen molar-refractivity contribution in [2.45, 2.75) is 32.5 Å². The number of hydrogen-bond donors (Lipinski definition) is 0. The number of sulfone groups is 1. The van der Waals surface area contributed by atoms with Crippen LogP contribution >= 0.6 is 12.2 Å². The lowest BCUT2D eigenvalue weighted by Crippen LogP contribution is -2.38. The molecule has 2 aromatic rings. The van der Waals surface area contributed by atoms with Crippen LogP contribution in [0, 0.1) is 4.77 Å². The van der Waals surface area contributed by atoms with Gasteiger partial charge in [0.1, 0.15) is 0 Å². The Bertz CT molecular complexity index is 887. The Morgan fingerprint density at radius 2 is 2.04 bits per heavy atom. The largest absolute Gasteiger partial charge is 0.303 e. The van der Waals surface area contributed by atoms with E-state index in [9.17, 15) is 8.42 Å². The zero-order valence-electron chi connectivity index (χ0n) is 14.6. The maximum absolute atomic E-state index is 11.8. The number of hydrogen-bond acceptors (Lipinski definition) is 5. The molecule has 1 aliphatic rings. The van der Waals surface area contributed by atoms with Crippen LogP contribution in [0.4, 0.5) is 0 Å². The second-order valence-corrected chi connectivity index (χ2v) is 9.14. The van der Waals surface area contributed by atoms with Crippen molar-refractivity contribution in [3.05, 3.63) is 35.1 Å². The third-order valence-corrected chi connectivity index (χ3v) is 6.86. The third kappa shape index (κ3) is 4.02. The highest BCUT2D eigenvalue weighted by atomic mass is 32.2. The molecule has 3 rings (SSSR count). The Morgan fingerprint density at radius 3 is 2.64 bits per heavy atom. The van der Waals surface area contributed by atoms with E-state index in [1.54, 1.807) is 4.68 Å². The van der Waals surface area contributed by atoms with E-state index in [0.29, 0.717) is 17.9 Å². The molecular formula is C17H24N4O2S2. The first kappa shape index (κ1) is 18.3. The van der Waals surface area contributed by atoms with Gasteiger partial charge >= 0.3 is 0 Å². The van der Waals surface area contributed by atoms with Crippen molar-refractivity contribution >= 4 is 22.1 Å². The number of nitrogens with zero attached hydrogens (tertiary/aromatic N) is 4. The van der Waals surface area contributed by atoms with Gasteiger partial charge in [-0.3, -0.25) is 4.90 Å². The number of benzene rings is 1. The van der Waals surface area contributed by atoms with Crippen LogP contribution in [-0.4, -0.2) is 51.8 Å². The summed E-state index contributed by atoms with van der Waals surface area (Å²) in [4.78, 5) is 2.20. The van der Waals surface area contributed by atoms with Crippen molar-refractivity contribution in [2.75, 3.05) is 18.1 Å². The molecule has 0 bridgehead atoms. The second-order valence-electron chi connectivity index (χ2n) is 6.54. The van der Waals surface area contributed by atoms with E-state index in [-0.39, 0.29) is 17.5 Å². The zero-order chi connectivity index (χ0) is 18.0. The fourth-order valence-corrected chi connectivity index (χ4v) is 5.26. The molecule has 0 spiro atoms. The molecule has 1 aromatic carbocycles. The lowest BCUT2D eigenvalue weighted by atomic mass is 10.2. The topological polar surface area (TPSA) is 60.1 Å². The SMILES string of the molecule is CCCN(Cn1nc(-c2ccccc2)n(C)c1=S)[C@@H]1CCS(=O)(=O)C1. The van der Waals surface area contributed by atoms with Crippen molar-refractivity contribution in [3.63, 3.8) is 0 Å². The zero-order valence-corrected chi connectivity index (χ0v) is 16.3. The van der Waals surface area contributed by atoms with Crippen LogP contribution in [0.1, 0.15) is 19.8 Å². The average Bonchev–Trinajstić information content (AvgIpc) is 3.09. The van der Waals surface area contributed by atoms with Crippen LogP contribution in [0.25, 0.3) is 11.4 Å². The van der Waals surface area contributed by atoms with Gasteiger partial charge in [0.05, 0.1) is 18.2 Å². The second kappa shape index (κ2) is 7.39. The lowest BCUT2D eigenvalue weighted by Gasteiger charge is -2.27. The van der Waals surface area contributed by atoms with Gasteiger partial charge in [0.15, 0.2) is 20.4 Å². The lowest BCUT2D eigenvalue weighted by molar-refractivity contribution is 0.155. The van der Waals surface area contributed by atoms with Crippen LogP contribution in [0.2, 0.25) is 0 Å². The monoisotopic (exact) mass is 380 g/mol. The smallest absolute Gasteiger partial charge is 0.199 e. The summed E-state index contributed by atoms with van der Waals surface area (Å²) in [6.45, 7) is 3.45. The van der Waals surface area contributed by atoms with E-state index in [4.69, 9.17) is 17.3 Å². The third-order valence-electron chi connectivity index (χ3n) is 4.62. The Labute approximate surface area is 154 Å². The van der Waals surface area contributed by atoms with Crippen LogP contribution in [-0.2, 0) is 23.6 Å². The Kier molecular flexibility index (Phi) is 5.41. The average molecular weight is 381 g/mol. The van der Waals surface area contributed by atoms with E-state index < -0.39 is 9.84 Å². The normalized spacial score (nSPS) is 19.6. The Balaban J connectivity index is 1.87. The molecule has 0 unspecified atom stereocenters. The van der Waals surface area contributed by atoms with E-state index in [1.165, 1.54) is 0 Å². The molecule has 1 aliphatic heterocycles. The van der Waals surface area contributed by atoms with Crippen LogP contribution < -0.4 is 0 Å². The van der Waals surface area contributed by atoms with Crippen molar-refractivity contribution < 1.29 is 8.42 Å². The Morgan fingerprint density at radius 1 is 1.32 bits per heavy atom. The molecule has 1 atom stereocenters. The van der Waals surface area contributed by atoms with Gasteiger partial charge in [0, 0.05) is 18.7 Å². The molecule has 0 radical (unpaired) electrons. The minimum Gasteiger partial charge on any atom is -0.303 e. The van der Waals surface area contributed by atoms with Crippen molar-refractivity contribution in [2.24, 2.45) is 7.05 Å². The minimum absolute atomic E-state index is 0.0500. The molecule has 6 nitrogen and oxygen atoms in total. The van der Waals surface area contributed by atoms with Gasteiger partial charge in [-0.15, -0.1) is 0 Å². The summed E-state index contributed by atoms with van der Waals surface area (Å²) in [5.41, 5.74) is 1.01. The molecule has 0 N–H and O–H groups in total. The van der Waals surface area contributed by atoms with Crippen LogP contribution in [0.5, 0.6) is 0 Å². The van der Waals surface area contributed by atoms with Gasteiger partial charge in [-0.1, -0.05) is 37.3 Å². The maximum Gasteiger partial charge on any atom is 0.199 e. The summed E-state index contributed by atoms with van der Waals surface area (Å²) in [5, 5.41) is 4.69. The summed E-state index contributed by atoms with van der Waals surface area (Å²) in [6, 6.07) is 9.99. The molecule has 1 saturated heterocycles. The van der Waals surface area contributed by atoms with E-state index in [1.807, 2.05) is 41.9 Å². The maximum atomic E-state index is 11.8. The summed E-state index contributed by atoms with van der Waals surface area (Å²) in [7, 11) is -0.995. The summed E-state index contributed by atoms with van der Waals surface area (Å²) < 4.78 is 28.0. The molecule has 0 saturated carbocycles. The summed E-state index contributed by atoms with van der Waals surface area (Å²) >= 11 is 5.55. The molecule has 136 valence electrons. The molecular weight excluding hydrogens is 356 g/mol. The quantitative estimate of drug-likeness (QED) is 0.721. The predicted molar refractivity (Wildman–Crippen MR) is 102 cm³/mol. The Hall–Kier alpha value is -1.51. The standard InChI is InChI=1S/C17H24N4O2S2/c1-3-10-20(15-9-11-25(22,23)12-15)13-21-17(24)19(2)16(18-21)14-7-5-4-6-8-14/h4-8,15H,3,9-13H2,1-2H3/t15-/m1/s1. The molecule has 1 aromatic heterocycles. The van der Waals surface area contributed by atoms with Gasteiger partial charge in [0.2, 0.25) is 0 Å². The molecule has 2 heterocycles. The molecule has 8 heteroatoms. The van der Waals surface area contributed by atoms with Gasteiger partial charge in [-0.25, -0.2) is 13.1 Å². The van der Waals surface area contributed by atoms with Crippen molar-refractivity contribution in [3.8, 4) is 11.4 Å². The summed E-state index contributed by atoms with van der Waals surface area (Å²) in [5.74, 6) is 1.33. The van der Waals surface area contributed by atoms with Crippen LogP contribution in [0.15, 0.2) is 30.3 Å². The first-order chi connectivity index (χ1) is 11.9. The molecule has 0 amide bonds. The molecule has 1 fully saturated rings. The fourth-order valence-electron chi connectivity index (χ4n) is 3.31. The fraction of sp³-hybridized carbons (Fsp3) is 0.529. The minimum atomic E-state index is -2.91. The number of rotatable bonds is 6. The molecule has 0 aliphatic carbocycles. The summed E-state index contributed by atoms with van der Waals surface area (Å²) in [6.07, 6.45) is 1.65. The highest BCUT2D eigenvalue weighted by Crippen LogP contribution is 2.21. The van der Waals surface area contributed by atoms with Crippen molar-refractivity contribution in [1.82, 2.24) is 19.2 Å². The first-order valence-corrected chi connectivity index (χ1v) is 10.8. The molecule has 25 heavy (non-hydrogen) atoms. The van der Waals surface area contributed by atoms with Gasteiger partial charge < -0.3 is 4.57 Å². The van der Waals surface area contributed by atoms with Gasteiger partial charge in [-0.05, 0) is 31.6 Å². The highest BCUT2D eigenvalue weighted by Gasteiger charge is 2.32.